The highest BCUT2D eigenvalue weighted by Gasteiger charge is 2.45. The molecule has 0 fully saturated rings. The van der Waals surface area contributed by atoms with Gasteiger partial charge in [0.25, 0.3) is 5.91 Å². The zero-order valence-corrected chi connectivity index (χ0v) is 19.9. The molecule has 9 heteroatoms. The smallest absolute Gasteiger partial charge is 0.294 e. The number of rotatable bonds is 6. The minimum Gasteiger partial charge on any atom is -0.503 e. The van der Waals surface area contributed by atoms with Crippen LogP contribution in [0.2, 0.25) is 5.02 Å². The molecule has 1 unspecified atom stereocenters. The maximum atomic E-state index is 14.1. The van der Waals surface area contributed by atoms with Crippen LogP contribution in [0, 0.1) is 5.82 Å². The van der Waals surface area contributed by atoms with E-state index in [4.69, 9.17) is 25.5 Å². The van der Waals surface area contributed by atoms with Gasteiger partial charge in [-0.1, -0.05) is 29.8 Å². The number of benzene rings is 3. The largest absolute Gasteiger partial charge is 0.503 e. The first-order valence-electron chi connectivity index (χ1n) is 10.8. The number of carbonyl (C=O) groups is 2. The van der Waals surface area contributed by atoms with Crippen LogP contribution in [0.3, 0.4) is 0 Å². The normalized spacial score (nSPS) is 15.6. The van der Waals surface area contributed by atoms with Gasteiger partial charge in [-0.05, 0) is 48.0 Å². The highest BCUT2D eigenvalue weighted by atomic mass is 35.5. The summed E-state index contributed by atoms with van der Waals surface area (Å²) in [5.41, 5.74) is 0.701. The molecule has 0 spiro atoms. The van der Waals surface area contributed by atoms with Gasteiger partial charge in [0.2, 0.25) is 5.78 Å². The Morgan fingerprint density at radius 3 is 2.56 bits per heavy atom. The number of anilines is 1. The van der Waals surface area contributed by atoms with Gasteiger partial charge in [-0.2, -0.15) is 0 Å². The molecule has 2 heterocycles. The number of ketones is 1. The zero-order valence-electron chi connectivity index (χ0n) is 19.1. The molecule has 1 N–H and O–H groups in total. The molecule has 1 aliphatic rings. The van der Waals surface area contributed by atoms with E-state index in [0.29, 0.717) is 27.5 Å². The van der Waals surface area contributed by atoms with Crippen LogP contribution in [0.25, 0.3) is 11.0 Å². The summed E-state index contributed by atoms with van der Waals surface area (Å²) in [5, 5.41) is 11.8. The van der Waals surface area contributed by atoms with Gasteiger partial charge in [0.1, 0.15) is 11.6 Å². The fourth-order valence-corrected chi connectivity index (χ4v) is 4.56. The van der Waals surface area contributed by atoms with Crippen molar-refractivity contribution in [2.75, 3.05) is 19.1 Å². The highest BCUT2D eigenvalue weighted by Crippen LogP contribution is 2.43. The summed E-state index contributed by atoms with van der Waals surface area (Å²) in [6.07, 6.45) is 0. The number of carbonyl (C=O) groups excluding carboxylic acids is 2. The monoisotopic (exact) mass is 507 g/mol. The zero-order chi connectivity index (χ0) is 25.6. The summed E-state index contributed by atoms with van der Waals surface area (Å²) in [4.78, 5) is 28.2. The van der Waals surface area contributed by atoms with Crippen LogP contribution in [0.4, 0.5) is 10.1 Å². The number of hydrogen-bond acceptors (Lipinski definition) is 6. The van der Waals surface area contributed by atoms with Crippen molar-refractivity contribution in [2.45, 2.75) is 6.04 Å². The van der Waals surface area contributed by atoms with Crippen LogP contribution in [-0.4, -0.2) is 31.0 Å². The molecule has 0 radical (unpaired) electrons. The average Bonchev–Trinajstić information content (AvgIpc) is 3.42. The van der Waals surface area contributed by atoms with Crippen LogP contribution in [0.1, 0.15) is 22.2 Å². The molecule has 5 rings (SSSR count). The first-order valence-corrected chi connectivity index (χ1v) is 11.2. The predicted molar refractivity (Wildman–Crippen MR) is 131 cm³/mol. The van der Waals surface area contributed by atoms with Gasteiger partial charge in [-0.3, -0.25) is 14.5 Å². The Morgan fingerprint density at radius 1 is 1.06 bits per heavy atom. The Bertz CT molecular complexity index is 1560. The lowest BCUT2D eigenvalue weighted by Gasteiger charge is -2.27. The number of halogens is 2. The molecule has 1 amide bonds. The van der Waals surface area contributed by atoms with Crippen molar-refractivity contribution in [3.63, 3.8) is 0 Å². The minimum absolute atomic E-state index is 0.131. The van der Waals surface area contributed by atoms with Crippen LogP contribution in [0.15, 0.2) is 82.5 Å². The van der Waals surface area contributed by atoms with Gasteiger partial charge in [0.05, 0.1) is 25.8 Å². The summed E-state index contributed by atoms with van der Waals surface area (Å²) >= 11 is 6.14. The van der Waals surface area contributed by atoms with Gasteiger partial charge in [0.15, 0.2) is 22.9 Å². The number of ether oxygens (including phenoxy) is 2. The maximum Gasteiger partial charge on any atom is 0.294 e. The van der Waals surface area contributed by atoms with Crippen molar-refractivity contribution in [1.29, 1.82) is 0 Å². The number of Topliss-reactive ketones (excluding diaryl/α,β-unsaturated/α-hetero) is 1. The Hall–Kier alpha value is -4.30. The SMILES string of the molecule is COc1cccc(C2C(C(=O)c3cc4cc(Cl)cc(OC)c4o3)=C(O)C(=O)N2c2cccc(F)c2)c1. The molecule has 1 atom stereocenters. The lowest BCUT2D eigenvalue weighted by molar-refractivity contribution is -0.117. The Balaban J connectivity index is 1.68. The average molecular weight is 508 g/mol. The lowest BCUT2D eigenvalue weighted by atomic mass is 9.94. The second kappa shape index (κ2) is 9.05. The number of amides is 1. The molecular formula is C27H19ClFNO6. The Labute approximate surface area is 209 Å². The molecule has 0 saturated carbocycles. The molecule has 1 aromatic heterocycles. The van der Waals surface area contributed by atoms with Crippen molar-refractivity contribution >= 4 is 39.9 Å². The van der Waals surface area contributed by atoms with Crippen molar-refractivity contribution in [3.05, 3.63) is 100 Å². The number of methoxy groups -OCH3 is 2. The molecule has 0 bridgehead atoms. The molecule has 4 aromatic rings. The molecular weight excluding hydrogens is 489 g/mol. The summed E-state index contributed by atoms with van der Waals surface area (Å²) in [6, 6.07) is 15.6. The van der Waals surface area contributed by atoms with Crippen molar-refractivity contribution in [1.82, 2.24) is 0 Å². The second-order valence-corrected chi connectivity index (χ2v) is 8.50. The van der Waals surface area contributed by atoms with Crippen molar-refractivity contribution in [3.8, 4) is 11.5 Å². The third kappa shape index (κ3) is 3.85. The van der Waals surface area contributed by atoms with E-state index < -0.39 is 29.3 Å². The van der Waals surface area contributed by atoms with Crippen LogP contribution < -0.4 is 14.4 Å². The lowest BCUT2D eigenvalue weighted by Crippen LogP contribution is -2.31. The van der Waals surface area contributed by atoms with E-state index in [-0.39, 0.29) is 22.6 Å². The number of furan rings is 1. The van der Waals surface area contributed by atoms with Gasteiger partial charge < -0.3 is 19.0 Å². The van der Waals surface area contributed by atoms with E-state index in [0.717, 1.165) is 6.07 Å². The van der Waals surface area contributed by atoms with Crippen LogP contribution in [0.5, 0.6) is 11.5 Å². The molecule has 0 aliphatic carbocycles. The quantitative estimate of drug-likeness (QED) is 0.321. The number of hydrogen-bond donors (Lipinski definition) is 1. The number of aliphatic hydroxyl groups is 1. The maximum absolute atomic E-state index is 14.1. The van der Waals surface area contributed by atoms with E-state index in [1.807, 2.05) is 0 Å². The minimum atomic E-state index is -1.08. The van der Waals surface area contributed by atoms with E-state index in [1.54, 1.807) is 36.4 Å². The fourth-order valence-electron chi connectivity index (χ4n) is 4.34. The van der Waals surface area contributed by atoms with E-state index >= 15 is 0 Å². The molecule has 0 saturated heterocycles. The Morgan fingerprint density at radius 2 is 1.83 bits per heavy atom. The van der Waals surface area contributed by atoms with Crippen molar-refractivity contribution < 1.29 is 33.0 Å². The molecule has 1 aliphatic heterocycles. The summed E-state index contributed by atoms with van der Waals surface area (Å²) in [5.74, 6) is -2.25. The van der Waals surface area contributed by atoms with Crippen molar-refractivity contribution in [2.24, 2.45) is 0 Å². The number of fused-ring (bicyclic) bond motifs is 1. The second-order valence-electron chi connectivity index (χ2n) is 8.06. The summed E-state index contributed by atoms with van der Waals surface area (Å²) in [6.45, 7) is 0. The number of nitrogens with zero attached hydrogens (tertiary/aromatic N) is 1. The summed E-state index contributed by atoms with van der Waals surface area (Å²) < 4.78 is 30.5. The first kappa shape index (κ1) is 23.4. The van der Waals surface area contributed by atoms with Gasteiger partial charge in [0, 0.05) is 22.2 Å². The van der Waals surface area contributed by atoms with Gasteiger partial charge in [-0.25, -0.2) is 4.39 Å². The highest BCUT2D eigenvalue weighted by molar-refractivity contribution is 6.31. The first-order chi connectivity index (χ1) is 17.3. The van der Waals surface area contributed by atoms with E-state index in [1.165, 1.54) is 43.4 Å². The third-order valence-corrected chi connectivity index (χ3v) is 6.16. The molecule has 36 heavy (non-hydrogen) atoms. The Kier molecular flexibility index (Phi) is 5.89. The van der Waals surface area contributed by atoms with Gasteiger partial charge in [-0.15, -0.1) is 0 Å². The van der Waals surface area contributed by atoms with E-state index in [9.17, 15) is 19.1 Å². The number of aliphatic hydroxyl groups excluding tert-OH is 1. The molecule has 7 nitrogen and oxygen atoms in total. The van der Waals surface area contributed by atoms with E-state index in [2.05, 4.69) is 0 Å². The van der Waals surface area contributed by atoms with Crippen LogP contribution in [-0.2, 0) is 4.79 Å². The fraction of sp³-hybridized carbons (Fsp3) is 0.111. The standard InChI is InChI=1S/C27H19ClFNO6/c1-34-19-8-3-5-14(10-19)23-22(25(32)27(33)30(23)18-7-4-6-17(29)13-18)24(31)20-11-15-9-16(28)12-21(35-2)26(15)36-20/h3-13,23,32H,1-2H3. The van der Waals surface area contributed by atoms with Gasteiger partial charge >= 0.3 is 0 Å². The predicted octanol–water partition coefficient (Wildman–Crippen LogP) is 6.03. The molecule has 3 aromatic carbocycles. The van der Waals surface area contributed by atoms with Crippen LogP contribution >= 0.6 is 11.6 Å². The third-order valence-electron chi connectivity index (χ3n) is 5.94. The summed E-state index contributed by atoms with van der Waals surface area (Å²) in [7, 11) is 2.92. The molecule has 182 valence electrons. The topological polar surface area (TPSA) is 89.2 Å².